The van der Waals surface area contributed by atoms with Crippen molar-refractivity contribution >= 4 is 6.03 Å². The predicted octanol–water partition coefficient (Wildman–Crippen LogP) is 2.62. The van der Waals surface area contributed by atoms with Gasteiger partial charge in [-0.3, -0.25) is 0 Å². The second-order valence-corrected chi connectivity index (χ2v) is 8.37. The number of hydrogen-bond acceptors (Lipinski definition) is 3. The summed E-state index contributed by atoms with van der Waals surface area (Å²) in [6, 6.07) is 10.7. The summed E-state index contributed by atoms with van der Waals surface area (Å²) in [6.45, 7) is 8.65. The van der Waals surface area contributed by atoms with Gasteiger partial charge in [0.05, 0.1) is 13.2 Å². The van der Waals surface area contributed by atoms with Crippen LogP contribution in [0.1, 0.15) is 25.3 Å². The normalized spacial score (nSPS) is 20.4. The highest BCUT2D eigenvalue weighted by atomic mass is 16.5. The Morgan fingerprint density at radius 3 is 2.58 bits per heavy atom. The van der Waals surface area contributed by atoms with Gasteiger partial charge in [-0.25, -0.2) is 4.79 Å². The number of hydrogen-bond donors (Lipinski definition) is 1. The van der Waals surface area contributed by atoms with Gasteiger partial charge < -0.3 is 19.9 Å². The highest BCUT2D eigenvalue weighted by Gasteiger charge is 2.35. The predicted molar refractivity (Wildman–Crippen MR) is 104 cm³/mol. The number of carbonyl (C=O) groups is 1. The Morgan fingerprint density at radius 1 is 1.27 bits per heavy atom. The van der Waals surface area contributed by atoms with E-state index in [4.69, 9.17) is 4.74 Å². The Bertz CT molecular complexity index is 566. The lowest BCUT2D eigenvalue weighted by molar-refractivity contribution is -0.108. The van der Waals surface area contributed by atoms with Crippen LogP contribution in [-0.4, -0.2) is 68.8 Å². The molecule has 5 heteroatoms. The van der Waals surface area contributed by atoms with E-state index in [2.05, 4.69) is 47.5 Å². The van der Waals surface area contributed by atoms with E-state index in [1.54, 1.807) is 4.90 Å². The number of urea groups is 1. The van der Waals surface area contributed by atoms with Crippen molar-refractivity contribution in [3.63, 3.8) is 0 Å². The number of rotatable bonds is 7. The summed E-state index contributed by atoms with van der Waals surface area (Å²) in [4.78, 5) is 16.6. The van der Waals surface area contributed by atoms with E-state index in [1.165, 1.54) is 18.4 Å². The highest BCUT2D eigenvalue weighted by molar-refractivity contribution is 5.73. The smallest absolute Gasteiger partial charge is 0.317 e. The molecule has 0 aromatic heterocycles. The maximum absolute atomic E-state index is 12.3. The quantitative estimate of drug-likeness (QED) is 0.814. The largest absolute Gasteiger partial charge is 0.380 e. The molecule has 2 aliphatic heterocycles. The molecule has 1 N–H and O–H groups in total. The third-order valence-corrected chi connectivity index (χ3v) is 5.68. The third kappa shape index (κ3) is 5.45. The standard InChI is InChI=1S/C21H33N3O2/c1-21(16-26-17-21)15-23(2)20(25)22-14-19-9-12-24(13-10-19)11-8-18-6-4-3-5-7-18/h3-7,19H,8-17H2,1-2H3,(H,22,25). The SMILES string of the molecule is CN(CC1(C)COC1)C(=O)NCC1CCN(CCc2ccccc2)CC1. The number of nitrogens with zero attached hydrogens (tertiary/aromatic N) is 2. The molecular formula is C21H33N3O2. The molecule has 0 aliphatic carbocycles. The molecule has 144 valence electrons. The minimum Gasteiger partial charge on any atom is -0.380 e. The van der Waals surface area contributed by atoms with Gasteiger partial charge in [-0.15, -0.1) is 0 Å². The van der Waals surface area contributed by atoms with E-state index in [0.717, 1.165) is 52.4 Å². The fourth-order valence-electron chi connectivity index (χ4n) is 3.90. The Balaban J connectivity index is 1.30. The number of amides is 2. The van der Waals surface area contributed by atoms with Crippen LogP contribution in [-0.2, 0) is 11.2 Å². The molecule has 0 spiro atoms. The fourth-order valence-corrected chi connectivity index (χ4v) is 3.90. The van der Waals surface area contributed by atoms with E-state index in [-0.39, 0.29) is 11.4 Å². The molecule has 3 rings (SSSR count). The van der Waals surface area contributed by atoms with Gasteiger partial charge >= 0.3 is 6.03 Å². The van der Waals surface area contributed by atoms with Crippen molar-refractivity contribution in [1.29, 1.82) is 0 Å². The van der Waals surface area contributed by atoms with Crippen molar-refractivity contribution in [3.05, 3.63) is 35.9 Å². The Hall–Kier alpha value is -1.59. The Kier molecular flexibility index (Phi) is 6.54. The first kappa shape index (κ1) is 19.2. The average Bonchev–Trinajstić information content (AvgIpc) is 2.64. The number of piperidine rings is 1. The number of nitrogens with one attached hydrogen (secondary N) is 1. The maximum atomic E-state index is 12.3. The fraction of sp³-hybridized carbons (Fsp3) is 0.667. The van der Waals surface area contributed by atoms with E-state index >= 15 is 0 Å². The second kappa shape index (κ2) is 8.87. The van der Waals surface area contributed by atoms with E-state index in [9.17, 15) is 4.79 Å². The minimum absolute atomic E-state index is 0.0460. The van der Waals surface area contributed by atoms with Gasteiger partial charge in [0.2, 0.25) is 0 Å². The molecule has 2 amide bonds. The molecule has 0 atom stereocenters. The van der Waals surface area contributed by atoms with Crippen molar-refractivity contribution in [1.82, 2.24) is 15.1 Å². The molecule has 0 saturated carbocycles. The minimum atomic E-state index is 0.0460. The van der Waals surface area contributed by atoms with Crippen molar-refractivity contribution < 1.29 is 9.53 Å². The topological polar surface area (TPSA) is 44.8 Å². The summed E-state index contributed by atoms with van der Waals surface area (Å²) in [7, 11) is 1.88. The van der Waals surface area contributed by atoms with E-state index in [1.807, 2.05) is 7.05 Å². The molecule has 2 saturated heterocycles. The summed E-state index contributed by atoms with van der Waals surface area (Å²) in [5.74, 6) is 0.600. The van der Waals surface area contributed by atoms with Gasteiger partial charge in [0, 0.05) is 32.1 Å². The van der Waals surface area contributed by atoms with Crippen LogP contribution >= 0.6 is 0 Å². The Morgan fingerprint density at radius 2 is 1.96 bits per heavy atom. The lowest BCUT2D eigenvalue weighted by atomic mass is 9.88. The molecule has 0 radical (unpaired) electrons. The van der Waals surface area contributed by atoms with Gasteiger partial charge in [0.15, 0.2) is 0 Å². The summed E-state index contributed by atoms with van der Waals surface area (Å²) in [5, 5.41) is 3.12. The monoisotopic (exact) mass is 359 g/mol. The Labute approximate surface area is 157 Å². The van der Waals surface area contributed by atoms with Gasteiger partial charge in [-0.05, 0) is 43.8 Å². The summed E-state index contributed by atoms with van der Waals surface area (Å²) in [5.41, 5.74) is 1.55. The molecule has 0 unspecified atom stereocenters. The number of likely N-dealkylation sites (tertiary alicyclic amines) is 1. The highest BCUT2D eigenvalue weighted by Crippen LogP contribution is 2.27. The zero-order chi connectivity index (χ0) is 18.4. The zero-order valence-corrected chi connectivity index (χ0v) is 16.2. The first-order valence-electron chi connectivity index (χ1n) is 9.87. The van der Waals surface area contributed by atoms with Crippen molar-refractivity contribution in [2.75, 3.05) is 53.0 Å². The molecule has 0 bridgehead atoms. The first-order valence-corrected chi connectivity index (χ1v) is 9.87. The van der Waals surface area contributed by atoms with Crippen molar-refractivity contribution in [2.24, 2.45) is 11.3 Å². The second-order valence-electron chi connectivity index (χ2n) is 8.37. The molecule has 5 nitrogen and oxygen atoms in total. The summed E-state index contributed by atoms with van der Waals surface area (Å²) < 4.78 is 5.27. The van der Waals surface area contributed by atoms with Gasteiger partial charge in [-0.1, -0.05) is 37.3 Å². The lowest BCUT2D eigenvalue weighted by Crippen LogP contribution is -2.51. The van der Waals surface area contributed by atoms with Crippen LogP contribution in [0.2, 0.25) is 0 Å². The van der Waals surface area contributed by atoms with E-state index < -0.39 is 0 Å². The van der Waals surface area contributed by atoms with Crippen LogP contribution in [0.3, 0.4) is 0 Å². The molecule has 1 aromatic rings. The maximum Gasteiger partial charge on any atom is 0.317 e. The number of ether oxygens (including phenoxy) is 1. The molecule has 2 heterocycles. The van der Waals surface area contributed by atoms with Gasteiger partial charge in [0.1, 0.15) is 0 Å². The van der Waals surface area contributed by atoms with Gasteiger partial charge in [0.25, 0.3) is 0 Å². The average molecular weight is 360 g/mol. The zero-order valence-electron chi connectivity index (χ0n) is 16.2. The van der Waals surface area contributed by atoms with Crippen LogP contribution in [0.25, 0.3) is 0 Å². The summed E-state index contributed by atoms with van der Waals surface area (Å²) in [6.07, 6.45) is 3.46. The third-order valence-electron chi connectivity index (χ3n) is 5.68. The number of carbonyl (C=O) groups excluding carboxylic acids is 1. The molecule has 26 heavy (non-hydrogen) atoms. The van der Waals surface area contributed by atoms with E-state index in [0.29, 0.717) is 5.92 Å². The van der Waals surface area contributed by atoms with Crippen LogP contribution in [0.5, 0.6) is 0 Å². The van der Waals surface area contributed by atoms with Crippen molar-refractivity contribution in [3.8, 4) is 0 Å². The molecule has 2 aliphatic rings. The lowest BCUT2D eigenvalue weighted by Gasteiger charge is -2.40. The molecule has 2 fully saturated rings. The first-order chi connectivity index (χ1) is 12.5. The summed E-state index contributed by atoms with van der Waals surface area (Å²) >= 11 is 0. The molecular weight excluding hydrogens is 326 g/mol. The van der Waals surface area contributed by atoms with Crippen LogP contribution in [0, 0.1) is 11.3 Å². The van der Waals surface area contributed by atoms with Crippen LogP contribution in [0.4, 0.5) is 4.79 Å². The molecule has 1 aromatic carbocycles. The van der Waals surface area contributed by atoms with Crippen LogP contribution in [0.15, 0.2) is 30.3 Å². The number of benzene rings is 1. The van der Waals surface area contributed by atoms with Crippen molar-refractivity contribution in [2.45, 2.75) is 26.2 Å². The van der Waals surface area contributed by atoms with Gasteiger partial charge in [-0.2, -0.15) is 0 Å². The van der Waals surface area contributed by atoms with Crippen LogP contribution < -0.4 is 5.32 Å².